The second-order valence-electron chi connectivity index (χ2n) is 5.43. The van der Waals surface area contributed by atoms with Gasteiger partial charge in [-0.05, 0) is 32.0 Å². The van der Waals surface area contributed by atoms with E-state index in [0.29, 0.717) is 5.82 Å². The third-order valence-corrected chi connectivity index (χ3v) is 3.55. The number of anilines is 1. The molecule has 0 fully saturated rings. The van der Waals surface area contributed by atoms with Gasteiger partial charge in [-0.3, -0.25) is 9.59 Å². The lowest BCUT2D eigenvalue weighted by atomic mass is 10.2. The summed E-state index contributed by atoms with van der Waals surface area (Å²) in [5, 5.41) is 9.46. The summed E-state index contributed by atoms with van der Waals surface area (Å²) in [7, 11) is 0. The first kappa shape index (κ1) is 17.9. The number of nitrogens with one attached hydrogen (secondary N) is 2. The summed E-state index contributed by atoms with van der Waals surface area (Å²) in [6, 6.07) is 5.34. The maximum Gasteiger partial charge on any atom is 0.252 e. The van der Waals surface area contributed by atoms with Crippen molar-refractivity contribution < 1.29 is 14.0 Å². The molecule has 2 amide bonds. The number of halogens is 2. The molecule has 24 heavy (non-hydrogen) atoms. The number of rotatable bonds is 6. The van der Waals surface area contributed by atoms with Gasteiger partial charge in [-0.15, -0.1) is 0 Å². The third-order valence-electron chi connectivity index (χ3n) is 3.24. The van der Waals surface area contributed by atoms with E-state index in [4.69, 9.17) is 11.6 Å². The maximum atomic E-state index is 13.0. The van der Waals surface area contributed by atoms with Gasteiger partial charge < -0.3 is 10.6 Å². The molecule has 0 aliphatic carbocycles. The molecule has 0 atom stereocenters. The fourth-order valence-corrected chi connectivity index (χ4v) is 2.34. The Kier molecular flexibility index (Phi) is 5.92. The molecule has 0 aliphatic heterocycles. The van der Waals surface area contributed by atoms with Crippen LogP contribution >= 0.6 is 11.6 Å². The fourth-order valence-electron chi connectivity index (χ4n) is 2.09. The van der Waals surface area contributed by atoms with E-state index >= 15 is 0 Å². The first-order valence-corrected chi connectivity index (χ1v) is 7.83. The SMILES string of the molecule is CC(C)n1nccc1NC(=O)CCNC(=O)c1ccc(F)cc1Cl. The predicted molar refractivity (Wildman–Crippen MR) is 89.6 cm³/mol. The van der Waals surface area contributed by atoms with Crippen LogP contribution in [0.5, 0.6) is 0 Å². The monoisotopic (exact) mass is 352 g/mol. The zero-order valence-corrected chi connectivity index (χ0v) is 14.1. The molecule has 0 saturated carbocycles. The van der Waals surface area contributed by atoms with Crippen molar-refractivity contribution in [2.24, 2.45) is 0 Å². The van der Waals surface area contributed by atoms with E-state index in [9.17, 15) is 14.0 Å². The minimum atomic E-state index is -0.516. The van der Waals surface area contributed by atoms with E-state index in [1.54, 1.807) is 16.9 Å². The second kappa shape index (κ2) is 7.92. The van der Waals surface area contributed by atoms with Crippen LogP contribution in [0.2, 0.25) is 5.02 Å². The molecule has 128 valence electrons. The summed E-state index contributed by atoms with van der Waals surface area (Å²) in [6.07, 6.45) is 1.70. The van der Waals surface area contributed by atoms with Crippen molar-refractivity contribution in [3.05, 3.63) is 46.9 Å². The molecular formula is C16H18ClFN4O2. The first-order valence-electron chi connectivity index (χ1n) is 7.45. The number of hydrogen-bond donors (Lipinski definition) is 2. The van der Waals surface area contributed by atoms with E-state index in [2.05, 4.69) is 15.7 Å². The van der Waals surface area contributed by atoms with Crippen molar-refractivity contribution >= 4 is 29.2 Å². The fraction of sp³-hybridized carbons (Fsp3) is 0.312. The molecule has 1 aromatic heterocycles. The maximum absolute atomic E-state index is 13.0. The summed E-state index contributed by atoms with van der Waals surface area (Å²) in [4.78, 5) is 23.9. The van der Waals surface area contributed by atoms with Crippen LogP contribution in [-0.2, 0) is 4.79 Å². The van der Waals surface area contributed by atoms with Crippen molar-refractivity contribution in [3.63, 3.8) is 0 Å². The van der Waals surface area contributed by atoms with Crippen molar-refractivity contribution in [1.29, 1.82) is 0 Å². The Morgan fingerprint density at radius 2 is 2.08 bits per heavy atom. The highest BCUT2D eigenvalue weighted by molar-refractivity contribution is 6.33. The van der Waals surface area contributed by atoms with Gasteiger partial charge in [0.15, 0.2) is 0 Å². The Labute approximate surface area is 144 Å². The molecule has 2 N–H and O–H groups in total. The van der Waals surface area contributed by atoms with Crippen LogP contribution in [0.15, 0.2) is 30.5 Å². The number of carbonyl (C=O) groups excluding carboxylic acids is 2. The van der Waals surface area contributed by atoms with E-state index in [0.717, 1.165) is 12.1 Å². The average molecular weight is 353 g/mol. The van der Waals surface area contributed by atoms with Gasteiger partial charge >= 0.3 is 0 Å². The normalized spacial score (nSPS) is 10.7. The minimum absolute atomic E-state index is 0.0257. The highest BCUT2D eigenvalue weighted by atomic mass is 35.5. The van der Waals surface area contributed by atoms with Crippen LogP contribution in [0.1, 0.15) is 36.7 Å². The molecular weight excluding hydrogens is 335 g/mol. The number of carbonyl (C=O) groups is 2. The number of nitrogens with zero attached hydrogens (tertiary/aromatic N) is 2. The van der Waals surface area contributed by atoms with Gasteiger partial charge in [0.2, 0.25) is 5.91 Å². The Bertz CT molecular complexity index is 745. The van der Waals surface area contributed by atoms with Crippen LogP contribution in [0, 0.1) is 5.82 Å². The summed E-state index contributed by atoms with van der Waals surface area (Å²) >= 11 is 5.82. The number of aromatic nitrogens is 2. The van der Waals surface area contributed by atoms with Crippen LogP contribution in [0.4, 0.5) is 10.2 Å². The minimum Gasteiger partial charge on any atom is -0.351 e. The molecule has 1 heterocycles. The van der Waals surface area contributed by atoms with Gasteiger partial charge in [0, 0.05) is 25.1 Å². The lowest BCUT2D eigenvalue weighted by molar-refractivity contribution is -0.116. The van der Waals surface area contributed by atoms with Crippen molar-refractivity contribution in [1.82, 2.24) is 15.1 Å². The second-order valence-corrected chi connectivity index (χ2v) is 5.84. The Morgan fingerprint density at radius 1 is 1.33 bits per heavy atom. The lowest BCUT2D eigenvalue weighted by Crippen LogP contribution is -2.28. The van der Waals surface area contributed by atoms with Gasteiger partial charge in [-0.1, -0.05) is 11.6 Å². The van der Waals surface area contributed by atoms with Crippen molar-refractivity contribution in [2.75, 3.05) is 11.9 Å². The van der Waals surface area contributed by atoms with Crippen molar-refractivity contribution in [2.45, 2.75) is 26.3 Å². The number of benzene rings is 1. The Morgan fingerprint density at radius 3 is 2.75 bits per heavy atom. The quantitative estimate of drug-likeness (QED) is 0.839. The van der Waals surface area contributed by atoms with E-state index in [1.807, 2.05) is 13.8 Å². The summed E-state index contributed by atoms with van der Waals surface area (Å²) < 4.78 is 14.7. The van der Waals surface area contributed by atoms with E-state index in [-0.39, 0.29) is 35.5 Å². The largest absolute Gasteiger partial charge is 0.351 e. The van der Waals surface area contributed by atoms with Gasteiger partial charge in [0.05, 0.1) is 16.8 Å². The topological polar surface area (TPSA) is 76.0 Å². The molecule has 2 rings (SSSR count). The van der Waals surface area contributed by atoms with E-state index < -0.39 is 11.7 Å². The van der Waals surface area contributed by atoms with Crippen LogP contribution in [0.25, 0.3) is 0 Å². The zero-order chi connectivity index (χ0) is 17.7. The van der Waals surface area contributed by atoms with Crippen LogP contribution in [0.3, 0.4) is 0 Å². The zero-order valence-electron chi connectivity index (χ0n) is 13.3. The molecule has 1 aromatic carbocycles. The highest BCUT2D eigenvalue weighted by Crippen LogP contribution is 2.17. The number of amides is 2. The standard InChI is InChI=1S/C16H18ClFN4O2/c1-10(2)22-14(5-8-20-22)21-15(23)6-7-19-16(24)12-4-3-11(18)9-13(12)17/h3-5,8-10H,6-7H2,1-2H3,(H,19,24)(H,21,23). The van der Waals surface area contributed by atoms with Crippen molar-refractivity contribution in [3.8, 4) is 0 Å². The molecule has 0 spiro atoms. The highest BCUT2D eigenvalue weighted by Gasteiger charge is 2.12. The summed E-state index contributed by atoms with van der Waals surface area (Å²) in [6.45, 7) is 4.04. The molecule has 0 bridgehead atoms. The summed E-state index contributed by atoms with van der Waals surface area (Å²) in [5.74, 6) is -0.622. The lowest BCUT2D eigenvalue weighted by Gasteiger charge is -2.12. The summed E-state index contributed by atoms with van der Waals surface area (Å²) in [5.41, 5.74) is 0.163. The molecule has 6 nitrogen and oxygen atoms in total. The average Bonchev–Trinajstić information content (AvgIpc) is 2.95. The smallest absolute Gasteiger partial charge is 0.252 e. The predicted octanol–water partition coefficient (Wildman–Crippen LogP) is 3.02. The number of hydrogen-bond acceptors (Lipinski definition) is 3. The molecule has 2 aromatic rings. The Balaban J connectivity index is 1.84. The molecule has 0 radical (unpaired) electrons. The first-order chi connectivity index (χ1) is 11.4. The van der Waals surface area contributed by atoms with Gasteiger partial charge in [0.1, 0.15) is 11.6 Å². The molecule has 8 heteroatoms. The van der Waals surface area contributed by atoms with Crippen LogP contribution < -0.4 is 10.6 Å². The van der Waals surface area contributed by atoms with Gasteiger partial charge in [-0.2, -0.15) is 5.10 Å². The molecule has 0 saturated heterocycles. The Hall–Kier alpha value is -2.41. The van der Waals surface area contributed by atoms with E-state index in [1.165, 1.54) is 6.07 Å². The van der Waals surface area contributed by atoms with Gasteiger partial charge in [-0.25, -0.2) is 9.07 Å². The van der Waals surface area contributed by atoms with Gasteiger partial charge in [0.25, 0.3) is 5.91 Å². The molecule has 0 unspecified atom stereocenters. The third kappa shape index (κ3) is 4.55. The van der Waals surface area contributed by atoms with Crippen LogP contribution in [-0.4, -0.2) is 28.1 Å². The molecule has 0 aliphatic rings.